The zero-order chi connectivity index (χ0) is 13.5. The van der Waals surface area contributed by atoms with Crippen molar-refractivity contribution in [1.29, 1.82) is 0 Å². The Morgan fingerprint density at radius 3 is 2.83 bits per heavy atom. The number of rotatable bonds is 6. The Balaban J connectivity index is 2.31. The van der Waals surface area contributed by atoms with Crippen LogP contribution < -0.4 is 5.32 Å². The van der Waals surface area contributed by atoms with Crippen molar-refractivity contribution < 1.29 is 4.79 Å². The first kappa shape index (κ1) is 15.4. The smallest absolute Gasteiger partial charge is 0.236 e. The molecule has 1 amide bonds. The molecule has 18 heavy (non-hydrogen) atoms. The molecule has 1 heterocycles. The highest BCUT2D eigenvalue weighted by Gasteiger charge is 2.24. The molecule has 0 aromatic rings. The average Bonchev–Trinajstić information content (AvgIpc) is 2.43. The van der Waals surface area contributed by atoms with Gasteiger partial charge in [-0.25, -0.2) is 0 Å². The molecule has 0 aliphatic carbocycles. The molecular formula is C14H29N3O. The number of carbonyl (C=O) groups is 1. The number of hydrogen-bond donors (Lipinski definition) is 1. The quantitative estimate of drug-likeness (QED) is 0.774. The van der Waals surface area contributed by atoms with Crippen LogP contribution in [0.4, 0.5) is 0 Å². The van der Waals surface area contributed by atoms with Crippen molar-refractivity contribution in [1.82, 2.24) is 15.1 Å². The summed E-state index contributed by atoms with van der Waals surface area (Å²) in [6.45, 7) is 11.2. The summed E-state index contributed by atoms with van der Waals surface area (Å²) < 4.78 is 0. The van der Waals surface area contributed by atoms with E-state index in [1.165, 1.54) is 25.9 Å². The van der Waals surface area contributed by atoms with E-state index in [4.69, 9.17) is 0 Å². The van der Waals surface area contributed by atoms with E-state index in [1.807, 2.05) is 14.0 Å². The molecule has 4 heteroatoms. The lowest BCUT2D eigenvalue weighted by atomic mass is 9.91. The molecule has 1 saturated heterocycles. The largest absolute Gasteiger partial charge is 0.345 e. The summed E-state index contributed by atoms with van der Waals surface area (Å²) in [5, 5.41) is 3.39. The van der Waals surface area contributed by atoms with Crippen LogP contribution in [0, 0.1) is 5.92 Å². The number of amides is 1. The summed E-state index contributed by atoms with van der Waals surface area (Å²) in [6.07, 6.45) is 2.57. The minimum Gasteiger partial charge on any atom is -0.345 e. The molecule has 1 fully saturated rings. The second-order valence-corrected chi connectivity index (χ2v) is 5.37. The van der Waals surface area contributed by atoms with Crippen molar-refractivity contribution in [3.8, 4) is 0 Å². The van der Waals surface area contributed by atoms with Crippen LogP contribution in [0.5, 0.6) is 0 Å². The summed E-state index contributed by atoms with van der Waals surface area (Å²) in [7, 11) is 1.86. The molecule has 1 aliphatic heterocycles. The van der Waals surface area contributed by atoms with Crippen LogP contribution in [0.25, 0.3) is 0 Å². The molecule has 106 valence electrons. The number of nitrogens with zero attached hydrogens (tertiary/aromatic N) is 2. The van der Waals surface area contributed by atoms with E-state index in [2.05, 4.69) is 24.1 Å². The zero-order valence-corrected chi connectivity index (χ0v) is 12.4. The van der Waals surface area contributed by atoms with Crippen LogP contribution in [0.15, 0.2) is 0 Å². The predicted octanol–water partition coefficient (Wildman–Crippen LogP) is 1.17. The van der Waals surface area contributed by atoms with Crippen molar-refractivity contribution in [2.24, 2.45) is 5.92 Å². The summed E-state index contributed by atoms with van der Waals surface area (Å²) in [5.74, 6) is 0.867. The summed E-state index contributed by atoms with van der Waals surface area (Å²) in [6, 6.07) is 0.425. The van der Waals surface area contributed by atoms with Crippen molar-refractivity contribution in [3.05, 3.63) is 0 Å². The Bertz CT molecular complexity index is 257. The van der Waals surface area contributed by atoms with Crippen molar-refractivity contribution >= 4 is 5.91 Å². The predicted molar refractivity (Wildman–Crippen MR) is 75.6 cm³/mol. The normalized spacial score (nSPS) is 22.8. The van der Waals surface area contributed by atoms with Gasteiger partial charge in [-0.15, -0.1) is 0 Å². The van der Waals surface area contributed by atoms with Gasteiger partial charge in [0.2, 0.25) is 5.91 Å². The van der Waals surface area contributed by atoms with E-state index < -0.39 is 0 Å². The van der Waals surface area contributed by atoms with Crippen LogP contribution in [-0.4, -0.2) is 61.5 Å². The highest BCUT2D eigenvalue weighted by Crippen LogP contribution is 2.19. The van der Waals surface area contributed by atoms with Gasteiger partial charge in [0.15, 0.2) is 0 Å². The molecule has 4 nitrogen and oxygen atoms in total. The van der Waals surface area contributed by atoms with Crippen molar-refractivity contribution in [2.75, 3.05) is 39.8 Å². The standard InChI is InChI=1S/C14H29N3O/c1-5-16(4)14(18)10-15-12(3)13-8-7-9-17(6-2)11-13/h12-13,15H,5-11H2,1-4H3. The lowest BCUT2D eigenvalue weighted by molar-refractivity contribution is -0.128. The first-order chi connectivity index (χ1) is 8.58. The Labute approximate surface area is 112 Å². The molecule has 0 bridgehead atoms. The third-order valence-corrected chi connectivity index (χ3v) is 4.17. The molecule has 0 saturated carbocycles. The van der Waals surface area contributed by atoms with Gasteiger partial charge in [0.05, 0.1) is 6.54 Å². The van der Waals surface area contributed by atoms with E-state index in [1.54, 1.807) is 4.90 Å². The fourth-order valence-electron chi connectivity index (χ4n) is 2.51. The highest BCUT2D eigenvalue weighted by molar-refractivity contribution is 5.77. The van der Waals surface area contributed by atoms with Gasteiger partial charge >= 0.3 is 0 Å². The van der Waals surface area contributed by atoms with E-state index in [-0.39, 0.29) is 5.91 Å². The first-order valence-corrected chi connectivity index (χ1v) is 7.28. The number of piperidine rings is 1. The van der Waals surface area contributed by atoms with Gasteiger partial charge in [0.25, 0.3) is 0 Å². The van der Waals surface area contributed by atoms with Gasteiger partial charge in [0, 0.05) is 26.2 Å². The summed E-state index contributed by atoms with van der Waals surface area (Å²) >= 11 is 0. The van der Waals surface area contributed by atoms with Crippen LogP contribution in [-0.2, 0) is 4.79 Å². The van der Waals surface area contributed by atoms with Gasteiger partial charge in [-0.2, -0.15) is 0 Å². The molecule has 0 aromatic carbocycles. The number of carbonyl (C=O) groups excluding carboxylic acids is 1. The summed E-state index contributed by atoms with van der Waals surface area (Å²) in [4.78, 5) is 16.0. The third-order valence-electron chi connectivity index (χ3n) is 4.17. The van der Waals surface area contributed by atoms with E-state index >= 15 is 0 Å². The van der Waals surface area contributed by atoms with E-state index in [0.717, 1.165) is 13.1 Å². The van der Waals surface area contributed by atoms with Crippen molar-refractivity contribution in [3.63, 3.8) is 0 Å². The van der Waals surface area contributed by atoms with Crippen LogP contribution in [0.2, 0.25) is 0 Å². The highest BCUT2D eigenvalue weighted by atomic mass is 16.2. The maximum absolute atomic E-state index is 11.7. The molecule has 0 spiro atoms. The second kappa shape index (κ2) is 7.74. The maximum Gasteiger partial charge on any atom is 0.236 e. The Hall–Kier alpha value is -0.610. The van der Waals surface area contributed by atoms with Crippen LogP contribution >= 0.6 is 0 Å². The molecule has 1 aliphatic rings. The van der Waals surface area contributed by atoms with Crippen LogP contribution in [0.3, 0.4) is 0 Å². The number of likely N-dealkylation sites (N-methyl/N-ethyl adjacent to an activating group) is 1. The van der Waals surface area contributed by atoms with Gasteiger partial charge < -0.3 is 15.1 Å². The van der Waals surface area contributed by atoms with Crippen LogP contribution in [0.1, 0.15) is 33.6 Å². The number of hydrogen-bond acceptors (Lipinski definition) is 3. The molecule has 1 N–H and O–H groups in total. The molecule has 2 unspecified atom stereocenters. The number of nitrogens with one attached hydrogen (secondary N) is 1. The molecular weight excluding hydrogens is 226 g/mol. The van der Waals surface area contributed by atoms with Gasteiger partial charge in [-0.1, -0.05) is 6.92 Å². The first-order valence-electron chi connectivity index (χ1n) is 7.28. The van der Waals surface area contributed by atoms with Gasteiger partial charge in [0.1, 0.15) is 0 Å². The fraction of sp³-hybridized carbons (Fsp3) is 0.929. The Kier molecular flexibility index (Phi) is 6.65. The second-order valence-electron chi connectivity index (χ2n) is 5.37. The molecule has 0 radical (unpaired) electrons. The van der Waals surface area contributed by atoms with E-state index in [9.17, 15) is 4.79 Å². The van der Waals surface area contributed by atoms with Gasteiger partial charge in [-0.3, -0.25) is 4.79 Å². The van der Waals surface area contributed by atoms with Crippen molar-refractivity contribution in [2.45, 2.75) is 39.7 Å². The molecule has 2 atom stereocenters. The lowest BCUT2D eigenvalue weighted by Crippen LogP contribution is -2.47. The fourth-order valence-corrected chi connectivity index (χ4v) is 2.51. The van der Waals surface area contributed by atoms with Gasteiger partial charge in [-0.05, 0) is 45.7 Å². The monoisotopic (exact) mass is 255 g/mol. The Morgan fingerprint density at radius 2 is 2.22 bits per heavy atom. The van der Waals surface area contributed by atoms with E-state index in [0.29, 0.717) is 18.5 Å². The third kappa shape index (κ3) is 4.58. The Morgan fingerprint density at radius 1 is 1.50 bits per heavy atom. The minimum atomic E-state index is 0.188. The minimum absolute atomic E-state index is 0.188. The maximum atomic E-state index is 11.7. The molecule has 1 rings (SSSR count). The average molecular weight is 255 g/mol. The number of likely N-dealkylation sites (tertiary alicyclic amines) is 1. The molecule has 0 aromatic heterocycles. The SMILES string of the molecule is CCN1CCCC(C(C)NCC(=O)N(C)CC)C1. The topological polar surface area (TPSA) is 35.6 Å². The zero-order valence-electron chi connectivity index (χ0n) is 12.4. The summed E-state index contributed by atoms with van der Waals surface area (Å²) in [5.41, 5.74) is 0. The lowest BCUT2D eigenvalue weighted by Gasteiger charge is -2.35.